The molecule has 2 amide bonds. The van der Waals surface area contributed by atoms with Crippen molar-refractivity contribution in [3.05, 3.63) is 17.5 Å². The molecule has 4 nitrogen and oxygen atoms in total. The highest BCUT2D eigenvalue weighted by molar-refractivity contribution is 7.14. The number of carbonyl (C=O) groups is 2. The van der Waals surface area contributed by atoms with Crippen LogP contribution in [0.3, 0.4) is 0 Å². The van der Waals surface area contributed by atoms with Crippen LogP contribution in [0.4, 0.5) is 9.80 Å². The van der Waals surface area contributed by atoms with Crippen LogP contribution in [0.5, 0.6) is 0 Å². The minimum absolute atomic E-state index is 0.0607. The van der Waals surface area contributed by atoms with Crippen molar-refractivity contribution in [1.82, 2.24) is 4.90 Å². The minimum Gasteiger partial charge on any atom is -0.324 e. The fourth-order valence-corrected chi connectivity index (χ4v) is 2.63. The normalized spacial score (nSPS) is 16.9. The quantitative estimate of drug-likeness (QED) is 0.879. The number of Topliss-reactive ketones (excluding diaryl/α,β-unsaturated/α-hetero) is 1. The zero-order valence-corrected chi connectivity index (χ0v) is 10.6. The van der Waals surface area contributed by atoms with Gasteiger partial charge in [0.1, 0.15) is 5.78 Å². The molecular formula is C12H16N2O2S. The van der Waals surface area contributed by atoms with Crippen LogP contribution in [0.2, 0.25) is 0 Å². The van der Waals surface area contributed by atoms with E-state index in [1.54, 1.807) is 11.8 Å². The molecule has 17 heavy (non-hydrogen) atoms. The average molecular weight is 252 g/mol. The number of thiophene rings is 1. The number of nitrogens with one attached hydrogen (secondary N) is 1. The maximum atomic E-state index is 11.9. The number of amides is 2. The lowest BCUT2D eigenvalue weighted by atomic mass is 9.93. The fourth-order valence-electron chi connectivity index (χ4n) is 2.02. The van der Waals surface area contributed by atoms with Gasteiger partial charge in [0.05, 0.1) is 5.00 Å². The molecule has 1 aromatic rings. The lowest BCUT2D eigenvalue weighted by Gasteiger charge is -2.30. The highest BCUT2D eigenvalue weighted by Gasteiger charge is 2.25. The van der Waals surface area contributed by atoms with Crippen molar-refractivity contribution in [3.63, 3.8) is 0 Å². The van der Waals surface area contributed by atoms with Crippen molar-refractivity contribution < 1.29 is 9.59 Å². The van der Waals surface area contributed by atoms with Crippen LogP contribution >= 0.6 is 11.3 Å². The zero-order valence-electron chi connectivity index (χ0n) is 9.81. The maximum Gasteiger partial charge on any atom is 0.322 e. The first-order valence-corrected chi connectivity index (χ1v) is 6.64. The van der Waals surface area contributed by atoms with Gasteiger partial charge >= 0.3 is 6.03 Å². The second kappa shape index (κ2) is 5.31. The molecule has 5 heteroatoms. The molecule has 1 saturated heterocycles. The molecule has 0 aliphatic carbocycles. The molecule has 0 spiro atoms. The predicted octanol–water partition coefficient (Wildman–Crippen LogP) is 2.58. The van der Waals surface area contributed by atoms with E-state index in [1.165, 1.54) is 11.3 Å². The molecule has 1 aromatic heterocycles. The van der Waals surface area contributed by atoms with Crippen LogP contribution in [0, 0.1) is 5.92 Å². The molecule has 0 bridgehead atoms. The monoisotopic (exact) mass is 252 g/mol. The SMILES string of the molecule is CC(=O)C1CCN(C(=O)Nc2cccs2)CC1. The van der Waals surface area contributed by atoms with Crippen LogP contribution in [0.25, 0.3) is 0 Å². The highest BCUT2D eigenvalue weighted by Crippen LogP contribution is 2.20. The number of rotatable bonds is 2. The first-order chi connectivity index (χ1) is 8.16. The maximum absolute atomic E-state index is 11.9. The molecule has 0 atom stereocenters. The number of nitrogens with zero attached hydrogens (tertiary/aromatic N) is 1. The molecule has 1 aliphatic rings. The van der Waals surface area contributed by atoms with Gasteiger partial charge in [-0.2, -0.15) is 0 Å². The summed E-state index contributed by atoms with van der Waals surface area (Å²) in [6.07, 6.45) is 1.57. The van der Waals surface area contributed by atoms with Gasteiger partial charge in [-0.3, -0.25) is 10.1 Å². The third-order valence-electron chi connectivity index (χ3n) is 3.11. The number of piperidine rings is 1. The number of hydrogen-bond acceptors (Lipinski definition) is 3. The molecule has 0 aromatic carbocycles. The van der Waals surface area contributed by atoms with Gasteiger partial charge in [-0.15, -0.1) is 11.3 Å². The minimum atomic E-state index is -0.0607. The number of likely N-dealkylation sites (tertiary alicyclic amines) is 1. The first kappa shape index (κ1) is 12.1. The number of anilines is 1. The molecule has 2 heterocycles. The van der Waals surface area contributed by atoms with Gasteiger partial charge in [0, 0.05) is 19.0 Å². The molecule has 0 radical (unpaired) electrons. The van der Waals surface area contributed by atoms with Gasteiger partial charge in [0.2, 0.25) is 0 Å². The topological polar surface area (TPSA) is 49.4 Å². The van der Waals surface area contributed by atoms with E-state index in [0.29, 0.717) is 13.1 Å². The summed E-state index contributed by atoms with van der Waals surface area (Å²) < 4.78 is 0. The van der Waals surface area contributed by atoms with Gasteiger partial charge < -0.3 is 4.90 Å². The Bertz CT molecular complexity index is 395. The van der Waals surface area contributed by atoms with Crippen LogP contribution < -0.4 is 5.32 Å². The Kier molecular flexibility index (Phi) is 3.78. The van der Waals surface area contributed by atoms with Crippen LogP contribution in [0.1, 0.15) is 19.8 Å². The molecule has 1 N–H and O–H groups in total. The Labute approximate surface area is 105 Å². The van der Waals surface area contributed by atoms with E-state index in [1.807, 2.05) is 17.5 Å². The van der Waals surface area contributed by atoms with E-state index < -0.39 is 0 Å². The average Bonchev–Trinajstić information content (AvgIpc) is 2.82. The molecule has 1 fully saturated rings. The van der Waals surface area contributed by atoms with Crippen molar-refractivity contribution in [1.29, 1.82) is 0 Å². The van der Waals surface area contributed by atoms with E-state index in [-0.39, 0.29) is 17.7 Å². The summed E-state index contributed by atoms with van der Waals surface area (Å²) in [5, 5.41) is 5.65. The molecule has 0 unspecified atom stereocenters. The van der Waals surface area contributed by atoms with Gasteiger partial charge in [-0.05, 0) is 37.3 Å². The second-order valence-electron chi connectivity index (χ2n) is 4.28. The van der Waals surface area contributed by atoms with E-state index in [9.17, 15) is 9.59 Å². The summed E-state index contributed by atoms with van der Waals surface area (Å²) in [6, 6.07) is 3.72. The van der Waals surface area contributed by atoms with Gasteiger partial charge in [-0.25, -0.2) is 4.79 Å². The summed E-state index contributed by atoms with van der Waals surface area (Å²) >= 11 is 1.51. The third-order valence-corrected chi connectivity index (χ3v) is 3.89. The van der Waals surface area contributed by atoms with Crippen LogP contribution in [-0.4, -0.2) is 29.8 Å². The summed E-state index contributed by atoms with van der Waals surface area (Å²) in [7, 11) is 0. The van der Waals surface area contributed by atoms with Crippen molar-refractivity contribution in [3.8, 4) is 0 Å². The Morgan fingerprint density at radius 2 is 2.12 bits per heavy atom. The van der Waals surface area contributed by atoms with E-state index >= 15 is 0 Å². The fraction of sp³-hybridized carbons (Fsp3) is 0.500. The Morgan fingerprint density at radius 3 is 2.65 bits per heavy atom. The molecule has 2 rings (SSSR count). The Balaban J connectivity index is 1.84. The predicted molar refractivity (Wildman–Crippen MR) is 68.3 cm³/mol. The largest absolute Gasteiger partial charge is 0.324 e. The first-order valence-electron chi connectivity index (χ1n) is 5.76. The van der Waals surface area contributed by atoms with Crippen molar-refractivity contribution in [2.24, 2.45) is 5.92 Å². The lowest BCUT2D eigenvalue weighted by molar-refractivity contribution is -0.121. The van der Waals surface area contributed by atoms with E-state index in [4.69, 9.17) is 0 Å². The number of carbonyl (C=O) groups excluding carboxylic acids is 2. The van der Waals surface area contributed by atoms with Gasteiger partial charge in [0.15, 0.2) is 0 Å². The zero-order chi connectivity index (χ0) is 12.3. The molecule has 92 valence electrons. The van der Waals surface area contributed by atoms with Gasteiger partial charge in [0.25, 0.3) is 0 Å². The molecule has 1 aliphatic heterocycles. The van der Waals surface area contributed by atoms with Crippen LogP contribution in [0.15, 0.2) is 17.5 Å². The summed E-state index contributed by atoms with van der Waals surface area (Å²) in [6.45, 7) is 2.97. The Morgan fingerprint density at radius 1 is 1.41 bits per heavy atom. The molecular weight excluding hydrogens is 236 g/mol. The summed E-state index contributed by atoms with van der Waals surface area (Å²) in [5.41, 5.74) is 0. The Hall–Kier alpha value is -1.36. The smallest absolute Gasteiger partial charge is 0.322 e. The van der Waals surface area contributed by atoms with Crippen LogP contribution in [-0.2, 0) is 4.79 Å². The lowest BCUT2D eigenvalue weighted by Crippen LogP contribution is -2.42. The van der Waals surface area contributed by atoms with Gasteiger partial charge in [-0.1, -0.05) is 0 Å². The number of urea groups is 1. The summed E-state index contributed by atoms with van der Waals surface area (Å²) in [4.78, 5) is 24.9. The highest BCUT2D eigenvalue weighted by atomic mass is 32.1. The third kappa shape index (κ3) is 3.06. The summed E-state index contributed by atoms with van der Waals surface area (Å²) in [5.74, 6) is 0.379. The van der Waals surface area contributed by atoms with Crippen molar-refractivity contribution in [2.45, 2.75) is 19.8 Å². The molecule has 0 saturated carbocycles. The van der Waals surface area contributed by atoms with E-state index in [0.717, 1.165) is 17.8 Å². The van der Waals surface area contributed by atoms with E-state index in [2.05, 4.69) is 5.32 Å². The number of ketones is 1. The standard InChI is InChI=1S/C12H16N2O2S/c1-9(15)10-4-6-14(7-5-10)12(16)13-11-3-2-8-17-11/h2-3,8,10H,4-7H2,1H3,(H,13,16). The number of hydrogen-bond donors (Lipinski definition) is 1. The van der Waals surface area contributed by atoms with Crippen molar-refractivity contribution in [2.75, 3.05) is 18.4 Å². The second-order valence-corrected chi connectivity index (χ2v) is 5.23. The van der Waals surface area contributed by atoms with Crippen molar-refractivity contribution >= 4 is 28.2 Å².